The van der Waals surface area contributed by atoms with E-state index in [0.717, 1.165) is 25.3 Å². The fraction of sp³-hybridized carbons (Fsp3) is 0.571. The first kappa shape index (κ1) is 13.7. The lowest BCUT2D eigenvalue weighted by Crippen LogP contribution is -2.31. The van der Waals surface area contributed by atoms with Crippen molar-refractivity contribution in [3.8, 4) is 0 Å². The molecular weight excluding hydrogens is 272 g/mol. The van der Waals surface area contributed by atoms with E-state index < -0.39 is 0 Å². The van der Waals surface area contributed by atoms with Crippen molar-refractivity contribution < 1.29 is 4.74 Å². The molecule has 1 fully saturated rings. The van der Waals surface area contributed by atoms with Crippen molar-refractivity contribution in [2.45, 2.75) is 39.0 Å². The van der Waals surface area contributed by atoms with E-state index in [1.165, 1.54) is 16.1 Å². The Balaban J connectivity index is 1.70. The lowest BCUT2D eigenvalue weighted by atomic mass is 10.0. The molecule has 3 heterocycles. The minimum absolute atomic E-state index is 0.108. The summed E-state index contributed by atoms with van der Waals surface area (Å²) in [5.74, 6) is 0. The van der Waals surface area contributed by atoms with Gasteiger partial charge in [0.25, 0.3) is 0 Å². The van der Waals surface area contributed by atoms with Crippen LogP contribution in [0.25, 0.3) is 0 Å². The minimum atomic E-state index is 0.108. The Morgan fingerprint density at radius 3 is 3.00 bits per heavy atom. The van der Waals surface area contributed by atoms with Gasteiger partial charge < -0.3 is 10.1 Å². The fourth-order valence-electron chi connectivity index (χ4n) is 2.62. The Bertz CT molecular complexity index is 592. The van der Waals surface area contributed by atoms with Crippen LogP contribution < -0.4 is 5.32 Å². The highest BCUT2D eigenvalue weighted by Gasteiger charge is 2.31. The van der Waals surface area contributed by atoms with Gasteiger partial charge in [0.1, 0.15) is 6.10 Å². The largest absolute Gasteiger partial charge is 0.372 e. The molecule has 0 amide bonds. The number of hydrogen-bond acceptors (Lipinski definition) is 5. The molecule has 0 saturated carbocycles. The van der Waals surface area contributed by atoms with E-state index in [9.17, 15) is 0 Å². The molecule has 5 nitrogen and oxygen atoms in total. The van der Waals surface area contributed by atoms with Gasteiger partial charge in [0, 0.05) is 42.4 Å². The summed E-state index contributed by atoms with van der Waals surface area (Å²) in [5, 5.41) is 7.94. The third-order valence-electron chi connectivity index (χ3n) is 4.04. The van der Waals surface area contributed by atoms with Crippen LogP contribution in [0.2, 0.25) is 0 Å². The summed E-state index contributed by atoms with van der Waals surface area (Å²) in [4.78, 5) is 5.59. The van der Waals surface area contributed by atoms with Gasteiger partial charge in [-0.1, -0.05) is 0 Å². The van der Waals surface area contributed by atoms with Crippen LogP contribution in [0.4, 0.5) is 0 Å². The van der Waals surface area contributed by atoms with Gasteiger partial charge in [0.05, 0.1) is 17.4 Å². The smallest absolute Gasteiger partial charge is 0.101 e. The van der Waals surface area contributed by atoms with Gasteiger partial charge in [-0.2, -0.15) is 5.10 Å². The number of nitrogens with zero attached hydrogens (tertiary/aromatic N) is 3. The molecular formula is C14H20N4OS. The Labute approximate surface area is 123 Å². The van der Waals surface area contributed by atoms with Crippen molar-refractivity contribution in [1.82, 2.24) is 20.1 Å². The number of rotatable bonds is 4. The topological polar surface area (TPSA) is 52.0 Å². The number of aromatic nitrogens is 3. The molecule has 0 spiro atoms. The maximum Gasteiger partial charge on any atom is 0.101 e. The van der Waals surface area contributed by atoms with Gasteiger partial charge in [-0.3, -0.25) is 4.68 Å². The zero-order valence-corrected chi connectivity index (χ0v) is 12.9. The SMILES string of the molecule is Cc1ncsc1CN[C@H]1CCO[C@@H]1c1cnn(C)c1C. The third-order valence-corrected chi connectivity index (χ3v) is 4.98. The summed E-state index contributed by atoms with van der Waals surface area (Å²) in [7, 11) is 1.97. The molecule has 0 bridgehead atoms. The van der Waals surface area contributed by atoms with Crippen LogP contribution in [-0.2, 0) is 18.3 Å². The molecule has 108 valence electrons. The van der Waals surface area contributed by atoms with Crippen molar-refractivity contribution in [3.05, 3.63) is 33.5 Å². The number of aryl methyl sites for hydroxylation is 2. The number of nitrogens with one attached hydrogen (secondary N) is 1. The van der Waals surface area contributed by atoms with E-state index in [1.54, 1.807) is 11.3 Å². The summed E-state index contributed by atoms with van der Waals surface area (Å²) in [6.07, 6.45) is 3.08. The summed E-state index contributed by atoms with van der Waals surface area (Å²) < 4.78 is 7.82. The average Bonchev–Trinajstić information content (AvgIpc) is 3.11. The van der Waals surface area contributed by atoms with E-state index in [-0.39, 0.29) is 6.10 Å². The lowest BCUT2D eigenvalue weighted by molar-refractivity contribution is 0.0979. The van der Waals surface area contributed by atoms with Gasteiger partial charge in [0.15, 0.2) is 0 Å². The highest BCUT2D eigenvalue weighted by molar-refractivity contribution is 7.09. The molecule has 0 aliphatic carbocycles. The summed E-state index contributed by atoms with van der Waals surface area (Å²) >= 11 is 1.71. The van der Waals surface area contributed by atoms with Crippen molar-refractivity contribution in [2.24, 2.45) is 7.05 Å². The molecule has 1 saturated heterocycles. The minimum Gasteiger partial charge on any atom is -0.372 e. The Morgan fingerprint density at radius 2 is 2.35 bits per heavy atom. The number of ether oxygens (including phenoxy) is 1. The Kier molecular flexibility index (Phi) is 3.87. The summed E-state index contributed by atoms with van der Waals surface area (Å²) in [6, 6.07) is 0.347. The van der Waals surface area contributed by atoms with Gasteiger partial charge in [-0.25, -0.2) is 4.98 Å². The van der Waals surface area contributed by atoms with Gasteiger partial charge in [-0.15, -0.1) is 11.3 Å². The zero-order chi connectivity index (χ0) is 14.1. The third kappa shape index (κ3) is 2.51. The molecule has 0 unspecified atom stereocenters. The quantitative estimate of drug-likeness (QED) is 0.938. The predicted octanol–water partition coefficient (Wildman–Crippen LogP) is 2.11. The molecule has 0 aromatic carbocycles. The molecule has 6 heteroatoms. The van der Waals surface area contributed by atoms with E-state index in [4.69, 9.17) is 4.74 Å². The average molecular weight is 292 g/mol. The van der Waals surface area contributed by atoms with Crippen molar-refractivity contribution in [1.29, 1.82) is 0 Å². The van der Waals surface area contributed by atoms with Crippen LogP contribution >= 0.6 is 11.3 Å². The van der Waals surface area contributed by atoms with Crippen LogP contribution in [0.5, 0.6) is 0 Å². The number of hydrogen-bond donors (Lipinski definition) is 1. The highest BCUT2D eigenvalue weighted by Crippen LogP contribution is 2.31. The maximum atomic E-state index is 5.92. The number of thiazole rings is 1. The molecule has 1 aliphatic heterocycles. The highest BCUT2D eigenvalue weighted by atomic mass is 32.1. The van der Waals surface area contributed by atoms with E-state index in [2.05, 4.69) is 29.2 Å². The predicted molar refractivity (Wildman–Crippen MR) is 78.7 cm³/mol. The molecule has 2 atom stereocenters. The molecule has 1 N–H and O–H groups in total. The first-order chi connectivity index (χ1) is 9.66. The Hall–Kier alpha value is -1.24. The molecule has 3 rings (SSSR count). The van der Waals surface area contributed by atoms with Gasteiger partial charge in [0.2, 0.25) is 0 Å². The molecule has 2 aromatic heterocycles. The van der Waals surface area contributed by atoms with Crippen molar-refractivity contribution >= 4 is 11.3 Å². The monoisotopic (exact) mass is 292 g/mol. The van der Waals surface area contributed by atoms with E-state index >= 15 is 0 Å². The second-order valence-electron chi connectivity index (χ2n) is 5.24. The lowest BCUT2D eigenvalue weighted by Gasteiger charge is -2.19. The first-order valence-corrected chi connectivity index (χ1v) is 7.77. The zero-order valence-electron chi connectivity index (χ0n) is 12.1. The van der Waals surface area contributed by atoms with Gasteiger partial charge in [-0.05, 0) is 20.3 Å². The maximum absolute atomic E-state index is 5.92. The van der Waals surface area contributed by atoms with Gasteiger partial charge >= 0.3 is 0 Å². The normalized spacial score (nSPS) is 22.6. The van der Waals surface area contributed by atoms with Crippen LogP contribution in [0.3, 0.4) is 0 Å². The molecule has 1 aliphatic rings. The van der Waals surface area contributed by atoms with E-state index in [1.807, 2.05) is 23.4 Å². The van der Waals surface area contributed by atoms with Crippen molar-refractivity contribution in [3.63, 3.8) is 0 Å². The van der Waals surface area contributed by atoms with Crippen LogP contribution in [0, 0.1) is 13.8 Å². The van der Waals surface area contributed by atoms with Crippen LogP contribution in [0.1, 0.15) is 34.4 Å². The molecule has 2 aromatic rings. The standard InChI is InChI=1S/C14H20N4OS/c1-9-13(20-8-16-9)7-15-12-4-5-19-14(12)11-6-17-18(3)10(11)2/h6,8,12,14-15H,4-5,7H2,1-3H3/t12-,14+/m0/s1. The summed E-state index contributed by atoms with van der Waals surface area (Å²) in [6.45, 7) is 5.81. The van der Waals surface area contributed by atoms with Crippen LogP contribution in [-0.4, -0.2) is 27.4 Å². The summed E-state index contributed by atoms with van der Waals surface area (Å²) in [5.41, 5.74) is 5.40. The Morgan fingerprint density at radius 1 is 1.50 bits per heavy atom. The second kappa shape index (κ2) is 5.63. The molecule has 20 heavy (non-hydrogen) atoms. The van der Waals surface area contributed by atoms with Crippen LogP contribution in [0.15, 0.2) is 11.7 Å². The molecule has 0 radical (unpaired) electrons. The fourth-order valence-corrected chi connectivity index (χ4v) is 3.35. The first-order valence-electron chi connectivity index (χ1n) is 6.89. The van der Waals surface area contributed by atoms with Crippen molar-refractivity contribution in [2.75, 3.05) is 6.61 Å². The second-order valence-corrected chi connectivity index (χ2v) is 6.18. The van der Waals surface area contributed by atoms with E-state index in [0.29, 0.717) is 6.04 Å².